The van der Waals surface area contributed by atoms with Crippen molar-refractivity contribution >= 4 is 12.0 Å². The molecule has 0 bridgehead atoms. The lowest BCUT2D eigenvalue weighted by molar-refractivity contribution is 0.0944. The second-order valence-electron chi connectivity index (χ2n) is 7.29. The number of rotatable bonds is 8. The molecule has 152 valence electrons. The molecule has 2 amide bonds. The zero-order valence-corrected chi connectivity index (χ0v) is 17.3. The van der Waals surface area contributed by atoms with Gasteiger partial charge in [0.05, 0.1) is 18.0 Å². The number of hydrogen-bond donors (Lipinski definition) is 2. The molecule has 0 radical (unpaired) electrons. The Balaban J connectivity index is 1.98. The number of hydrogen-bond acceptors (Lipinski definition) is 4. The maximum absolute atomic E-state index is 12.5. The van der Waals surface area contributed by atoms with Gasteiger partial charge in [0, 0.05) is 23.8 Å². The Morgan fingerprint density at radius 1 is 1.18 bits per heavy atom. The maximum Gasteiger partial charge on any atom is 0.407 e. The van der Waals surface area contributed by atoms with E-state index >= 15 is 0 Å². The van der Waals surface area contributed by atoms with Crippen LogP contribution in [-0.2, 0) is 4.74 Å². The highest BCUT2D eigenvalue weighted by molar-refractivity contribution is 5.94. The van der Waals surface area contributed by atoms with Gasteiger partial charge in [-0.05, 0) is 63.4 Å². The third-order valence-electron chi connectivity index (χ3n) is 4.25. The summed E-state index contributed by atoms with van der Waals surface area (Å²) in [6, 6.07) is 9.12. The van der Waals surface area contributed by atoms with E-state index in [9.17, 15) is 9.59 Å². The van der Waals surface area contributed by atoms with Crippen molar-refractivity contribution in [2.75, 3.05) is 13.2 Å². The highest BCUT2D eigenvalue weighted by Crippen LogP contribution is 2.13. The Bertz CT molecular complexity index is 796. The number of nitrogens with one attached hydrogen (secondary N) is 2. The van der Waals surface area contributed by atoms with Gasteiger partial charge in [0.1, 0.15) is 0 Å². The molecule has 1 aromatic heterocycles. The minimum absolute atomic E-state index is 0.181. The van der Waals surface area contributed by atoms with Crippen LogP contribution in [0.5, 0.6) is 0 Å². The highest BCUT2D eigenvalue weighted by Gasteiger charge is 2.16. The summed E-state index contributed by atoms with van der Waals surface area (Å²) in [4.78, 5) is 24.2. The Morgan fingerprint density at radius 3 is 2.39 bits per heavy atom. The summed E-state index contributed by atoms with van der Waals surface area (Å²) in [6.07, 6.45) is 0.285. The van der Waals surface area contributed by atoms with Crippen molar-refractivity contribution in [3.05, 3.63) is 47.3 Å². The Labute approximate surface area is 166 Å². The van der Waals surface area contributed by atoms with Gasteiger partial charge in [-0.25, -0.2) is 9.48 Å². The first-order valence-electron chi connectivity index (χ1n) is 9.65. The van der Waals surface area contributed by atoms with Crippen molar-refractivity contribution in [3.8, 4) is 5.69 Å². The zero-order valence-electron chi connectivity index (χ0n) is 17.3. The normalized spacial score (nSPS) is 11.9. The van der Waals surface area contributed by atoms with Crippen LogP contribution in [0.2, 0.25) is 0 Å². The van der Waals surface area contributed by atoms with Crippen molar-refractivity contribution in [2.24, 2.45) is 5.92 Å². The molecule has 0 aliphatic carbocycles. The van der Waals surface area contributed by atoms with Crippen LogP contribution in [0.15, 0.2) is 30.3 Å². The highest BCUT2D eigenvalue weighted by atomic mass is 16.5. The van der Waals surface area contributed by atoms with E-state index in [0.29, 0.717) is 24.6 Å². The van der Waals surface area contributed by atoms with Gasteiger partial charge in [-0.2, -0.15) is 5.10 Å². The van der Waals surface area contributed by atoms with Gasteiger partial charge in [-0.3, -0.25) is 4.79 Å². The molecule has 1 aromatic carbocycles. The molecule has 0 fully saturated rings. The van der Waals surface area contributed by atoms with Crippen LogP contribution in [-0.4, -0.2) is 41.0 Å². The number of aryl methyl sites for hydroxylation is 2. The molecule has 2 rings (SSSR count). The third-order valence-corrected chi connectivity index (χ3v) is 4.25. The van der Waals surface area contributed by atoms with Crippen LogP contribution in [0.1, 0.15) is 48.9 Å². The maximum atomic E-state index is 12.5. The topological polar surface area (TPSA) is 85.3 Å². The Morgan fingerprint density at radius 2 is 1.86 bits per heavy atom. The first kappa shape index (κ1) is 21.5. The zero-order chi connectivity index (χ0) is 20.7. The minimum atomic E-state index is -0.461. The number of carbonyl (C=O) groups excluding carboxylic acids is 2. The summed E-state index contributed by atoms with van der Waals surface area (Å²) < 4.78 is 6.79. The molecule has 2 aromatic rings. The van der Waals surface area contributed by atoms with Crippen molar-refractivity contribution in [1.82, 2.24) is 20.4 Å². The van der Waals surface area contributed by atoms with Gasteiger partial charge in [-0.1, -0.05) is 13.8 Å². The van der Waals surface area contributed by atoms with Gasteiger partial charge in [0.15, 0.2) is 0 Å². The second-order valence-corrected chi connectivity index (χ2v) is 7.29. The number of carbonyl (C=O) groups is 2. The molecular formula is C21H30N4O3. The molecule has 0 saturated heterocycles. The fourth-order valence-electron chi connectivity index (χ4n) is 3.06. The predicted octanol–water partition coefficient (Wildman–Crippen LogP) is 3.38. The molecule has 1 heterocycles. The van der Waals surface area contributed by atoms with Gasteiger partial charge in [-0.15, -0.1) is 0 Å². The molecule has 1 unspecified atom stereocenters. The molecule has 1 atom stereocenters. The number of ether oxygens (including phenoxy) is 1. The average molecular weight is 386 g/mol. The Kier molecular flexibility index (Phi) is 7.61. The van der Waals surface area contributed by atoms with Crippen molar-refractivity contribution in [3.63, 3.8) is 0 Å². The largest absolute Gasteiger partial charge is 0.450 e. The molecule has 2 N–H and O–H groups in total. The van der Waals surface area contributed by atoms with Crippen LogP contribution in [0, 0.1) is 19.8 Å². The lowest BCUT2D eigenvalue weighted by Gasteiger charge is -2.20. The molecule has 28 heavy (non-hydrogen) atoms. The van der Waals surface area contributed by atoms with Crippen LogP contribution < -0.4 is 10.6 Å². The van der Waals surface area contributed by atoms with Crippen LogP contribution >= 0.6 is 0 Å². The Hall–Kier alpha value is -2.83. The summed E-state index contributed by atoms with van der Waals surface area (Å²) in [5.41, 5.74) is 3.45. The van der Waals surface area contributed by atoms with E-state index in [-0.39, 0.29) is 11.9 Å². The smallest absolute Gasteiger partial charge is 0.407 e. The number of benzene rings is 1. The van der Waals surface area contributed by atoms with E-state index in [4.69, 9.17) is 4.74 Å². The van der Waals surface area contributed by atoms with E-state index < -0.39 is 6.09 Å². The average Bonchev–Trinajstić information content (AvgIpc) is 2.97. The van der Waals surface area contributed by atoms with E-state index in [1.54, 1.807) is 19.1 Å². The molecule has 7 heteroatoms. The predicted molar refractivity (Wildman–Crippen MR) is 109 cm³/mol. The van der Waals surface area contributed by atoms with E-state index in [0.717, 1.165) is 23.5 Å². The number of amides is 2. The molecule has 0 spiro atoms. The quantitative estimate of drug-likeness (QED) is 0.728. The SMILES string of the molecule is CCOC(=O)NC(CNC(=O)c1ccc(-n2nc(C)cc2C)cc1)CC(C)C. The van der Waals surface area contributed by atoms with Gasteiger partial charge in [0.2, 0.25) is 0 Å². The summed E-state index contributed by atoms with van der Waals surface area (Å²) in [6.45, 7) is 10.5. The van der Waals surface area contributed by atoms with Crippen molar-refractivity contribution in [1.29, 1.82) is 0 Å². The molecule has 0 saturated carbocycles. The van der Waals surface area contributed by atoms with Crippen LogP contribution in [0.4, 0.5) is 4.79 Å². The van der Waals surface area contributed by atoms with Gasteiger partial charge >= 0.3 is 6.09 Å². The lowest BCUT2D eigenvalue weighted by atomic mass is 10.0. The van der Waals surface area contributed by atoms with Gasteiger partial charge in [0.25, 0.3) is 5.91 Å². The molecule has 0 aliphatic rings. The fraction of sp³-hybridized carbons (Fsp3) is 0.476. The monoisotopic (exact) mass is 386 g/mol. The summed E-state index contributed by atoms with van der Waals surface area (Å²) in [7, 11) is 0. The van der Waals surface area contributed by atoms with Crippen molar-refractivity contribution < 1.29 is 14.3 Å². The van der Waals surface area contributed by atoms with E-state index in [1.807, 2.05) is 36.7 Å². The van der Waals surface area contributed by atoms with Crippen LogP contribution in [0.25, 0.3) is 5.69 Å². The standard InChI is InChI=1S/C21H30N4O3/c1-6-28-21(27)23-18(11-14(2)3)13-22-20(26)17-7-9-19(10-8-17)25-16(5)12-15(4)24-25/h7-10,12,14,18H,6,11,13H2,1-5H3,(H,22,26)(H,23,27). The summed E-state index contributed by atoms with van der Waals surface area (Å²) in [5, 5.41) is 10.2. The first-order chi connectivity index (χ1) is 13.3. The van der Waals surface area contributed by atoms with E-state index in [1.165, 1.54) is 0 Å². The van der Waals surface area contributed by atoms with Gasteiger partial charge < -0.3 is 15.4 Å². The molecule has 0 aliphatic heterocycles. The minimum Gasteiger partial charge on any atom is -0.450 e. The fourth-order valence-corrected chi connectivity index (χ4v) is 3.06. The van der Waals surface area contributed by atoms with E-state index in [2.05, 4.69) is 29.6 Å². The summed E-state index contributed by atoms with van der Waals surface area (Å²) >= 11 is 0. The van der Waals surface area contributed by atoms with Crippen molar-refractivity contribution in [2.45, 2.75) is 47.1 Å². The number of nitrogens with zero attached hydrogens (tertiary/aromatic N) is 2. The number of alkyl carbamates (subject to hydrolysis) is 1. The second kappa shape index (κ2) is 9.92. The first-order valence-corrected chi connectivity index (χ1v) is 9.65. The lowest BCUT2D eigenvalue weighted by Crippen LogP contribution is -2.44. The van der Waals surface area contributed by atoms with Crippen LogP contribution in [0.3, 0.4) is 0 Å². The molecular weight excluding hydrogens is 356 g/mol. The number of aromatic nitrogens is 2. The summed E-state index contributed by atoms with van der Waals surface area (Å²) in [5.74, 6) is 0.197. The molecule has 7 nitrogen and oxygen atoms in total. The third kappa shape index (κ3) is 6.11.